The van der Waals surface area contributed by atoms with E-state index < -0.39 is 12.1 Å². The first-order valence-electron chi connectivity index (χ1n) is 9.48. The van der Waals surface area contributed by atoms with E-state index >= 15 is 0 Å². The maximum atomic E-state index is 12.8. The van der Waals surface area contributed by atoms with Crippen LogP contribution in [0.5, 0.6) is 0 Å². The van der Waals surface area contributed by atoms with Gasteiger partial charge in [-0.3, -0.25) is 0 Å². The second kappa shape index (κ2) is 7.94. The molecule has 0 saturated heterocycles. The van der Waals surface area contributed by atoms with Gasteiger partial charge in [-0.15, -0.1) is 0 Å². The fourth-order valence-corrected chi connectivity index (χ4v) is 3.54. The number of carbonyl (C=O) groups excluding carboxylic acids is 2. The molecule has 1 amide bonds. The summed E-state index contributed by atoms with van der Waals surface area (Å²) in [6.45, 7) is 6.72. The summed E-state index contributed by atoms with van der Waals surface area (Å²) in [6, 6.07) is 4.31. The minimum Gasteiger partial charge on any atom is -0.462 e. The molecule has 1 aromatic carbocycles. The molecule has 5 heteroatoms. The Kier molecular flexibility index (Phi) is 5.64. The molecule has 0 bridgehead atoms. The van der Waals surface area contributed by atoms with Crippen LogP contribution in [0.1, 0.15) is 67.2 Å². The molecule has 0 radical (unpaired) electrons. The Morgan fingerprint density at radius 3 is 2.54 bits per heavy atom. The molecule has 5 nitrogen and oxygen atoms in total. The number of nitrogens with one attached hydrogen (secondary N) is 1. The molecular formula is C21H27NO4. The molecule has 1 fully saturated rings. The number of ether oxygens (including phenoxy) is 2. The normalized spacial score (nSPS) is 20.8. The van der Waals surface area contributed by atoms with Crippen molar-refractivity contribution in [3.05, 3.63) is 40.1 Å². The summed E-state index contributed by atoms with van der Waals surface area (Å²) in [7, 11) is 0. The van der Waals surface area contributed by atoms with Crippen molar-refractivity contribution in [1.82, 2.24) is 5.32 Å². The average Bonchev–Trinajstić information content (AvgIpc) is 3.40. The zero-order valence-electron chi connectivity index (χ0n) is 15.8. The molecule has 26 heavy (non-hydrogen) atoms. The van der Waals surface area contributed by atoms with E-state index in [1.54, 1.807) is 0 Å². The predicted molar refractivity (Wildman–Crippen MR) is 99.8 cm³/mol. The molecule has 2 aliphatic rings. The summed E-state index contributed by atoms with van der Waals surface area (Å²) in [5, 5.41) is 2.63. The van der Waals surface area contributed by atoms with Crippen LogP contribution in [0.2, 0.25) is 0 Å². The molecule has 0 aromatic heterocycles. The summed E-state index contributed by atoms with van der Waals surface area (Å²) < 4.78 is 10.9. The number of benzene rings is 1. The Balaban J connectivity index is 2.07. The third-order valence-corrected chi connectivity index (χ3v) is 4.91. The smallest absolute Gasteiger partial charge is 0.412 e. The van der Waals surface area contributed by atoms with Crippen LogP contribution in [0.3, 0.4) is 0 Å². The van der Waals surface area contributed by atoms with Gasteiger partial charge in [0.1, 0.15) is 11.3 Å². The highest BCUT2D eigenvalue weighted by molar-refractivity contribution is 6.18. The third-order valence-electron chi connectivity index (χ3n) is 4.91. The van der Waals surface area contributed by atoms with Gasteiger partial charge in [0.25, 0.3) is 0 Å². The van der Waals surface area contributed by atoms with Crippen LogP contribution in [0.4, 0.5) is 4.79 Å². The van der Waals surface area contributed by atoms with E-state index in [1.165, 1.54) is 18.4 Å². The Hall–Kier alpha value is -2.30. The summed E-state index contributed by atoms with van der Waals surface area (Å²) in [5.41, 5.74) is 4.61. The van der Waals surface area contributed by atoms with Crippen molar-refractivity contribution in [1.29, 1.82) is 0 Å². The van der Waals surface area contributed by atoms with E-state index in [1.807, 2.05) is 20.8 Å². The Morgan fingerprint density at radius 1 is 1.23 bits per heavy atom. The molecule has 140 valence electrons. The van der Waals surface area contributed by atoms with Gasteiger partial charge in [-0.2, -0.15) is 0 Å². The second-order valence-electron chi connectivity index (χ2n) is 7.12. The molecule has 0 atom stereocenters. The third kappa shape index (κ3) is 4.09. The van der Waals surface area contributed by atoms with Gasteiger partial charge < -0.3 is 14.8 Å². The Bertz CT molecular complexity index is 723. The highest BCUT2D eigenvalue weighted by Gasteiger charge is 2.29. The second-order valence-corrected chi connectivity index (χ2v) is 7.12. The number of amides is 1. The van der Waals surface area contributed by atoms with Gasteiger partial charge in [0.05, 0.1) is 6.61 Å². The van der Waals surface area contributed by atoms with E-state index in [0.717, 1.165) is 29.5 Å². The lowest BCUT2D eigenvalue weighted by molar-refractivity contribution is -0.137. The Labute approximate surface area is 154 Å². The molecular weight excluding hydrogens is 330 g/mol. The highest BCUT2D eigenvalue weighted by atomic mass is 16.6. The van der Waals surface area contributed by atoms with Gasteiger partial charge in [0, 0.05) is 13.0 Å². The zero-order valence-corrected chi connectivity index (χ0v) is 15.8. The number of rotatable bonds is 4. The van der Waals surface area contributed by atoms with Gasteiger partial charge in [-0.25, -0.2) is 9.59 Å². The summed E-state index contributed by atoms with van der Waals surface area (Å²) >= 11 is 0. The van der Waals surface area contributed by atoms with Crippen molar-refractivity contribution < 1.29 is 19.1 Å². The van der Waals surface area contributed by atoms with Crippen molar-refractivity contribution in [2.75, 3.05) is 13.2 Å². The molecule has 1 aliphatic heterocycles. The molecule has 1 aliphatic carbocycles. The predicted octanol–water partition coefficient (Wildman–Crippen LogP) is 4.37. The molecule has 1 aromatic rings. The van der Waals surface area contributed by atoms with Gasteiger partial charge >= 0.3 is 12.1 Å². The van der Waals surface area contributed by atoms with Gasteiger partial charge in [-0.05, 0) is 74.6 Å². The quantitative estimate of drug-likeness (QED) is 0.813. The summed E-state index contributed by atoms with van der Waals surface area (Å²) in [5.74, 6) is 0.645. The summed E-state index contributed by atoms with van der Waals surface area (Å²) in [4.78, 5) is 24.8. The fraction of sp³-hybridized carbons (Fsp3) is 0.524. The van der Waals surface area contributed by atoms with Crippen LogP contribution in [-0.4, -0.2) is 25.2 Å². The Morgan fingerprint density at radius 2 is 1.92 bits per heavy atom. The minimum atomic E-state index is -0.529. The molecule has 1 heterocycles. The molecule has 1 N–H and O–H groups in total. The summed E-state index contributed by atoms with van der Waals surface area (Å²) in [6.07, 6.45) is 4.05. The first-order valence-corrected chi connectivity index (χ1v) is 9.48. The lowest BCUT2D eigenvalue weighted by atomic mass is 9.90. The van der Waals surface area contributed by atoms with E-state index in [9.17, 15) is 9.59 Å². The molecule has 0 spiro atoms. The van der Waals surface area contributed by atoms with Gasteiger partial charge in [0.2, 0.25) is 0 Å². The van der Waals surface area contributed by atoms with Crippen LogP contribution in [-0.2, 0) is 14.3 Å². The largest absolute Gasteiger partial charge is 0.462 e. The van der Waals surface area contributed by atoms with E-state index in [4.69, 9.17) is 9.47 Å². The SMILES string of the molecule is CCNC(=O)O/C1=C(\c2c(C)cc(C3CC3)cc2C)C(=O)OCCCC1. The zero-order chi connectivity index (χ0) is 18.7. The minimum absolute atomic E-state index is 0.397. The maximum absolute atomic E-state index is 12.8. The standard InChI is InChI=1S/C21H27NO4/c1-4-22-21(24)26-17-7-5-6-10-25-20(23)19(17)18-13(2)11-16(12-14(18)3)15-8-9-15/h11-12,15H,4-10H2,1-3H3,(H,22,24)/b19-17+. The lowest BCUT2D eigenvalue weighted by Gasteiger charge is -2.21. The van der Waals surface area contributed by atoms with E-state index in [2.05, 4.69) is 17.4 Å². The molecule has 0 unspecified atom stereocenters. The topological polar surface area (TPSA) is 64.6 Å². The monoisotopic (exact) mass is 357 g/mol. The van der Waals surface area contributed by atoms with Crippen molar-refractivity contribution in [3.8, 4) is 0 Å². The number of cyclic esters (lactones) is 1. The van der Waals surface area contributed by atoms with Crippen LogP contribution >= 0.6 is 0 Å². The molecule has 1 saturated carbocycles. The number of aryl methyl sites for hydroxylation is 2. The fourth-order valence-electron chi connectivity index (χ4n) is 3.54. The van der Waals surface area contributed by atoms with Gasteiger partial charge in [-0.1, -0.05) is 12.1 Å². The van der Waals surface area contributed by atoms with Crippen LogP contribution in [0.25, 0.3) is 5.57 Å². The number of alkyl carbamates (subject to hydrolysis) is 1. The van der Waals surface area contributed by atoms with Crippen LogP contribution in [0, 0.1) is 13.8 Å². The van der Waals surface area contributed by atoms with Crippen LogP contribution in [0.15, 0.2) is 17.9 Å². The number of hydrogen-bond donors (Lipinski definition) is 1. The van der Waals surface area contributed by atoms with Crippen molar-refractivity contribution in [3.63, 3.8) is 0 Å². The number of allylic oxidation sites excluding steroid dienone is 1. The van der Waals surface area contributed by atoms with E-state index in [0.29, 0.717) is 36.8 Å². The van der Waals surface area contributed by atoms with Crippen molar-refractivity contribution >= 4 is 17.6 Å². The first-order chi connectivity index (χ1) is 12.5. The molecule has 3 rings (SSSR count). The van der Waals surface area contributed by atoms with E-state index in [-0.39, 0.29) is 0 Å². The van der Waals surface area contributed by atoms with Gasteiger partial charge in [0.15, 0.2) is 0 Å². The average molecular weight is 357 g/mol. The van der Waals surface area contributed by atoms with Crippen LogP contribution < -0.4 is 5.32 Å². The first kappa shape index (κ1) is 18.5. The lowest BCUT2D eigenvalue weighted by Crippen LogP contribution is -2.25. The number of esters is 1. The van der Waals surface area contributed by atoms with Crippen molar-refractivity contribution in [2.45, 2.75) is 58.8 Å². The number of hydrogen-bond acceptors (Lipinski definition) is 4. The highest BCUT2D eigenvalue weighted by Crippen LogP contribution is 2.42. The van der Waals surface area contributed by atoms with Crippen molar-refractivity contribution in [2.24, 2.45) is 0 Å². The maximum Gasteiger partial charge on any atom is 0.412 e. The number of carbonyl (C=O) groups is 2.